The number of aromatic nitrogens is 2. The maximum absolute atomic E-state index is 12.7. The van der Waals surface area contributed by atoms with Crippen LogP contribution in [0.1, 0.15) is 74.2 Å². The molecule has 206 valence electrons. The quantitative estimate of drug-likeness (QED) is 0.495. The summed E-state index contributed by atoms with van der Waals surface area (Å²) in [6.45, 7) is 15.8. The van der Waals surface area contributed by atoms with Crippen molar-refractivity contribution >= 4 is 41.7 Å². The van der Waals surface area contributed by atoms with E-state index in [1.807, 2.05) is 46.8 Å². The molecule has 0 radical (unpaired) electrons. The predicted octanol–water partition coefficient (Wildman–Crippen LogP) is 3.57. The number of carbonyl (C=O) groups is 3. The lowest BCUT2D eigenvalue weighted by Gasteiger charge is -2.22. The maximum atomic E-state index is 12.7. The van der Waals surface area contributed by atoms with E-state index >= 15 is 0 Å². The summed E-state index contributed by atoms with van der Waals surface area (Å²) in [6, 6.07) is 0. The summed E-state index contributed by atoms with van der Waals surface area (Å²) in [4.78, 5) is 48.2. The molecule has 1 saturated heterocycles. The van der Waals surface area contributed by atoms with E-state index in [0.717, 1.165) is 62.0 Å². The number of hydrogen-bond acceptors (Lipinski definition) is 4. The number of allylic oxidation sites excluding steroid dienone is 2. The lowest BCUT2D eigenvalue weighted by molar-refractivity contribution is -0.142. The Morgan fingerprint density at radius 1 is 0.923 bits per heavy atom. The van der Waals surface area contributed by atoms with Crippen LogP contribution in [-0.4, -0.2) is 40.6 Å². The average molecular weight is 531 g/mol. The van der Waals surface area contributed by atoms with Gasteiger partial charge in [0.1, 0.15) is 0 Å². The number of ether oxygens (including phenoxy) is 1. The van der Waals surface area contributed by atoms with Gasteiger partial charge < -0.3 is 20.0 Å². The highest BCUT2D eigenvalue weighted by atomic mass is 16.5. The van der Waals surface area contributed by atoms with Crippen molar-refractivity contribution in [3.63, 3.8) is 0 Å². The molecular formula is C31H38N4O4. The topological polar surface area (TPSA) is 116 Å². The van der Waals surface area contributed by atoms with Crippen molar-refractivity contribution in [2.24, 2.45) is 16.3 Å². The highest BCUT2D eigenvalue weighted by molar-refractivity contribution is 6.30. The van der Waals surface area contributed by atoms with Crippen LogP contribution in [0.15, 0.2) is 21.8 Å². The molecule has 2 amide bonds. The normalized spacial score (nSPS) is 20.9. The van der Waals surface area contributed by atoms with E-state index in [0.29, 0.717) is 11.3 Å². The van der Waals surface area contributed by atoms with Gasteiger partial charge in [0.05, 0.1) is 24.7 Å². The molecule has 1 atom stereocenters. The molecule has 0 spiro atoms. The predicted molar refractivity (Wildman–Crippen MR) is 153 cm³/mol. The zero-order valence-electron chi connectivity index (χ0n) is 24.3. The van der Waals surface area contributed by atoms with Crippen LogP contribution in [0.2, 0.25) is 0 Å². The smallest absolute Gasteiger partial charge is 0.306 e. The summed E-state index contributed by atoms with van der Waals surface area (Å²) in [5, 5.41) is 4.87. The van der Waals surface area contributed by atoms with Gasteiger partial charge in [-0.15, -0.1) is 0 Å². The standard InChI is InChI=1S/C31H38N4O4/c1-10-20-19(6)29(37)34-26(20)13-24-17(4)15(2)22(32-24)12-23-16(3)18(5)25(33-23)14-27-21(11-28(36)39-9)31(7,8)30(38)35-27/h12-14,21,32-33H,10-11H2,1-9H3,(H,35,38)/b22-12-,24-13-,27-14-. The number of carbonyl (C=O) groups excluding carboxylic acids is 3. The number of rotatable bonds is 6. The van der Waals surface area contributed by atoms with E-state index in [1.54, 1.807) is 0 Å². The Morgan fingerprint density at radius 3 is 2.10 bits per heavy atom. The molecule has 2 aliphatic rings. The lowest BCUT2D eigenvalue weighted by Crippen LogP contribution is -2.29. The van der Waals surface area contributed by atoms with Crippen LogP contribution < -0.4 is 16.0 Å². The third-order valence-corrected chi connectivity index (χ3v) is 8.50. The van der Waals surface area contributed by atoms with Crippen molar-refractivity contribution in [3.8, 4) is 0 Å². The summed E-state index contributed by atoms with van der Waals surface area (Å²) in [6.07, 6.45) is 6.85. The third kappa shape index (κ3) is 4.95. The molecule has 8 nitrogen and oxygen atoms in total. The molecule has 0 aromatic carbocycles. The van der Waals surface area contributed by atoms with Gasteiger partial charge in [-0.3, -0.25) is 14.4 Å². The summed E-state index contributed by atoms with van der Waals surface area (Å²) in [5.41, 5.74) is 8.58. The van der Waals surface area contributed by atoms with E-state index in [2.05, 4.69) is 47.1 Å². The Balaban J connectivity index is 1.76. The molecule has 0 saturated carbocycles. The van der Waals surface area contributed by atoms with Crippen LogP contribution in [0.3, 0.4) is 0 Å². The van der Waals surface area contributed by atoms with Crippen LogP contribution in [0, 0.1) is 39.0 Å². The van der Waals surface area contributed by atoms with Crippen LogP contribution in [0.4, 0.5) is 0 Å². The molecule has 39 heavy (non-hydrogen) atoms. The van der Waals surface area contributed by atoms with Gasteiger partial charge in [0.2, 0.25) is 5.91 Å². The molecule has 4 rings (SSSR count). The summed E-state index contributed by atoms with van der Waals surface area (Å²) in [7, 11) is 1.36. The number of hydrogen-bond donors (Lipinski definition) is 3. The second kappa shape index (κ2) is 10.3. The van der Waals surface area contributed by atoms with E-state index in [4.69, 9.17) is 4.74 Å². The van der Waals surface area contributed by atoms with Gasteiger partial charge in [0, 0.05) is 39.3 Å². The number of aliphatic imine (C=N–C) groups is 1. The van der Waals surface area contributed by atoms with Crippen LogP contribution >= 0.6 is 0 Å². The molecule has 3 N–H and O–H groups in total. The lowest BCUT2D eigenvalue weighted by atomic mass is 9.78. The Hall–Kier alpha value is -3.94. The first kappa shape index (κ1) is 28.1. The molecular weight excluding hydrogens is 492 g/mol. The number of nitrogens with one attached hydrogen (secondary N) is 3. The van der Waals surface area contributed by atoms with Crippen molar-refractivity contribution in [2.75, 3.05) is 7.11 Å². The monoisotopic (exact) mass is 530 g/mol. The van der Waals surface area contributed by atoms with Crippen molar-refractivity contribution in [1.29, 1.82) is 0 Å². The molecule has 1 unspecified atom stereocenters. The highest BCUT2D eigenvalue weighted by Crippen LogP contribution is 2.41. The molecule has 0 aliphatic carbocycles. The number of nitrogens with zero attached hydrogens (tertiary/aromatic N) is 1. The SMILES string of the molecule is CCC1=C(C)C(=O)N=C1/C=c1\[nH]/c(=C\c2[nH]c(/C=C3\NC(=O)C(C)(C)C3CC(=O)OC)c(C)c2C)c(C)c1C. The van der Waals surface area contributed by atoms with Crippen molar-refractivity contribution in [2.45, 2.75) is 68.2 Å². The number of esters is 1. The fourth-order valence-corrected chi connectivity index (χ4v) is 5.31. The van der Waals surface area contributed by atoms with Gasteiger partial charge in [-0.1, -0.05) is 20.8 Å². The number of H-pyrrole nitrogens is 2. The largest absolute Gasteiger partial charge is 0.469 e. The first-order valence-corrected chi connectivity index (χ1v) is 13.3. The van der Waals surface area contributed by atoms with Crippen LogP contribution in [0.25, 0.3) is 18.2 Å². The fraction of sp³-hybridized carbons (Fsp3) is 0.419. The third-order valence-electron chi connectivity index (χ3n) is 8.50. The summed E-state index contributed by atoms with van der Waals surface area (Å²) < 4.78 is 4.89. The van der Waals surface area contributed by atoms with Crippen molar-refractivity contribution in [3.05, 3.63) is 61.2 Å². The van der Waals surface area contributed by atoms with Crippen LogP contribution in [0.5, 0.6) is 0 Å². The van der Waals surface area contributed by atoms with Gasteiger partial charge in [0.15, 0.2) is 0 Å². The number of methoxy groups -OCH3 is 1. The van der Waals surface area contributed by atoms with Gasteiger partial charge in [-0.05, 0) is 87.1 Å². The van der Waals surface area contributed by atoms with Crippen molar-refractivity contribution < 1.29 is 19.1 Å². The van der Waals surface area contributed by atoms with Crippen LogP contribution in [-0.2, 0) is 19.1 Å². The Kier molecular flexibility index (Phi) is 7.43. The van der Waals surface area contributed by atoms with Gasteiger partial charge >= 0.3 is 5.97 Å². The van der Waals surface area contributed by atoms with Gasteiger partial charge in [0.25, 0.3) is 5.91 Å². The zero-order valence-corrected chi connectivity index (χ0v) is 24.3. The molecule has 2 aromatic rings. The van der Waals surface area contributed by atoms with Crippen molar-refractivity contribution in [1.82, 2.24) is 15.3 Å². The highest BCUT2D eigenvalue weighted by Gasteiger charge is 2.46. The molecule has 2 aromatic heterocycles. The Morgan fingerprint density at radius 2 is 1.51 bits per heavy atom. The van der Waals surface area contributed by atoms with Gasteiger partial charge in [-0.2, -0.15) is 0 Å². The fourth-order valence-electron chi connectivity index (χ4n) is 5.31. The second-order valence-electron chi connectivity index (χ2n) is 11.1. The Labute approximate surface area is 229 Å². The first-order valence-electron chi connectivity index (χ1n) is 13.3. The van der Waals surface area contributed by atoms with E-state index in [-0.39, 0.29) is 30.1 Å². The number of amides is 2. The molecule has 1 fully saturated rings. The molecule has 8 heteroatoms. The minimum Gasteiger partial charge on any atom is -0.469 e. The molecule has 0 bridgehead atoms. The minimum atomic E-state index is -0.726. The number of aromatic amines is 2. The maximum Gasteiger partial charge on any atom is 0.306 e. The molecule has 2 aliphatic heterocycles. The first-order chi connectivity index (χ1) is 18.3. The van der Waals surface area contributed by atoms with E-state index in [9.17, 15) is 14.4 Å². The summed E-state index contributed by atoms with van der Waals surface area (Å²) >= 11 is 0. The summed E-state index contributed by atoms with van der Waals surface area (Å²) in [5.74, 6) is -0.934. The van der Waals surface area contributed by atoms with E-state index in [1.165, 1.54) is 7.11 Å². The Bertz CT molecular complexity index is 1610. The average Bonchev–Trinajstić information content (AvgIpc) is 3.49. The van der Waals surface area contributed by atoms with E-state index < -0.39 is 5.41 Å². The second-order valence-corrected chi connectivity index (χ2v) is 11.1. The zero-order chi connectivity index (χ0) is 28.8. The minimum absolute atomic E-state index is 0.110. The van der Waals surface area contributed by atoms with Gasteiger partial charge in [-0.25, -0.2) is 4.99 Å². The molecule has 4 heterocycles.